The molecule has 35 heavy (non-hydrogen) atoms. The smallest absolute Gasteiger partial charge is 0.414 e. The van der Waals surface area contributed by atoms with E-state index in [9.17, 15) is 29.4 Å². The molecule has 5 N–H and O–H groups in total. The molecule has 0 aromatic rings. The summed E-state index contributed by atoms with van der Waals surface area (Å²) in [5.74, 6) is -2.48. The molecule has 1 aliphatic rings. The number of aliphatic imine (C=N–C) groups is 1. The first-order chi connectivity index (χ1) is 15.9. The fraction of sp³-hybridized carbons (Fsp3) is 0.773. The molecule has 13 heteroatoms. The minimum Gasteiger partial charge on any atom is -0.467 e. The highest BCUT2D eigenvalue weighted by Gasteiger charge is 2.52. The van der Waals surface area contributed by atoms with Crippen LogP contribution in [0.3, 0.4) is 0 Å². The molecular formula is C22H38N4O9. The van der Waals surface area contributed by atoms with Crippen LogP contribution >= 0.6 is 0 Å². The Kier molecular flexibility index (Phi) is 10.0. The fourth-order valence-electron chi connectivity index (χ4n) is 3.63. The fourth-order valence-corrected chi connectivity index (χ4v) is 3.63. The van der Waals surface area contributed by atoms with Gasteiger partial charge in [0, 0.05) is 19.3 Å². The van der Waals surface area contributed by atoms with Crippen LogP contribution in [0, 0.1) is 5.92 Å². The molecule has 0 aromatic carbocycles. The van der Waals surface area contributed by atoms with Gasteiger partial charge in [0.2, 0.25) is 11.9 Å². The molecule has 4 atom stereocenters. The maximum atomic E-state index is 12.4. The summed E-state index contributed by atoms with van der Waals surface area (Å²) in [5, 5.41) is 28.0. The largest absolute Gasteiger partial charge is 0.467 e. The molecule has 0 radical (unpaired) electrons. The number of hydrogen-bond acceptors (Lipinski definition) is 10. The number of amides is 3. The molecule has 1 saturated carbocycles. The van der Waals surface area contributed by atoms with E-state index in [1.165, 1.54) is 6.92 Å². The summed E-state index contributed by atoms with van der Waals surface area (Å²) in [6.45, 7) is 10.6. The quantitative estimate of drug-likeness (QED) is 0.155. The van der Waals surface area contributed by atoms with Gasteiger partial charge in [-0.15, -0.1) is 0 Å². The summed E-state index contributed by atoms with van der Waals surface area (Å²) in [4.78, 5) is 53.0. The number of methoxy groups -OCH3 is 1. The van der Waals surface area contributed by atoms with Crippen molar-refractivity contribution < 1.29 is 43.6 Å². The summed E-state index contributed by atoms with van der Waals surface area (Å²) in [6, 6.07) is -1.83. The lowest BCUT2D eigenvalue weighted by atomic mass is 9.93. The van der Waals surface area contributed by atoms with Crippen LogP contribution in [0.4, 0.5) is 9.59 Å². The summed E-state index contributed by atoms with van der Waals surface area (Å²) in [5.41, 5.74) is -3.67. The summed E-state index contributed by atoms with van der Waals surface area (Å²) in [7, 11) is 1.11. The second-order valence-corrected chi connectivity index (χ2v) is 10.4. The molecule has 3 amide bonds. The Labute approximate surface area is 205 Å². The van der Waals surface area contributed by atoms with Gasteiger partial charge in [-0.05, 0) is 48.0 Å². The van der Waals surface area contributed by atoms with Crippen LogP contribution in [0.1, 0.15) is 61.3 Å². The zero-order valence-corrected chi connectivity index (χ0v) is 21.6. The standard InChI is InChI=1S/C22H38N4O9/c1-12(28)23-15(11-27)13-9-22(32,16(29)33-8)10-14(13)24-17(25-18(30)34-20(2,3)4)26-19(31)35-21(5,6)7/h13-15,27,32H,9-11H2,1-8H3,(H,23,28)(H2,24,25,26,30,31). The second kappa shape index (κ2) is 11.7. The third-order valence-corrected chi connectivity index (χ3v) is 4.82. The highest BCUT2D eigenvalue weighted by Crippen LogP contribution is 2.39. The Balaban J connectivity index is 3.39. The first-order valence-corrected chi connectivity index (χ1v) is 11.2. The van der Waals surface area contributed by atoms with E-state index in [0.717, 1.165) is 7.11 Å². The summed E-state index contributed by atoms with van der Waals surface area (Å²) < 4.78 is 15.1. The lowest BCUT2D eigenvalue weighted by molar-refractivity contribution is -0.162. The zero-order valence-electron chi connectivity index (χ0n) is 21.6. The maximum Gasteiger partial charge on any atom is 0.414 e. The molecule has 200 valence electrons. The third-order valence-electron chi connectivity index (χ3n) is 4.82. The van der Waals surface area contributed by atoms with Gasteiger partial charge in [0.25, 0.3) is 0 Å². The van der Waals surface area contributed by atoms with Gasteiger partial charge >= 0.3 is 18.2 Å². The maximum absolute atomic E-state index is 12.4. The molecule has 0 aliphatic heterocycles. The second-order valence-electron chi connectivity index (χ2n) is 10.4. The van der Waals surface area contributed by atoms with Crippen molar-refractivity contribution in [3.8, 4) is 0 Å². The highest BCUT2D eigenvalue weighted by atomic mass is 16.6. The number of aliphatic hydroxyl groups excluding tert-OH is 1. The van der Waals surface area contributed by atoms with Gasteiger partial charge in [-0.25, -0.2) is 19.4 Å². The van der Waals surface area contributed by atoms with Crippen molar-refractivity contribution in [1.82, 2.24) is 16.0 Å². The number of ether oxygens (including phenoxy) is 3. The predicted octanol–water partition coefficient (Wildman–Crippen LogP) is 0.572. The van der Waals surface area contributed by atoms with E-state index in [1.54, 1.807) is 41.5 Å². The van der Waals surface area contributed by atoms with E-state index in [1.807, 2.05) is 0 Å². The molecule has 1 fully saturated rings. The molecule has 0 heterocycles. The van der Waals surface area contributed by atoms with Crippen LogP contribution in [0.5, 0.6) is 0 Å². The summed E-state index contributed by atoms with van der Waals surface area (Å²) >= 11 is 0. The van der Waals surface area contributed by atoms with Crippen molar-refractivity contribution in [1.29, 1.82) is 0 Å². The molecular weight excluding hydrogens is 464 g/mol. The number of aliphatic hydroxyl groups is 2. The van der Waals surface area contributed by atoms with E-state index in [2.05, 4.69) is 20.9 Å². The molecule has 1 rings (SSSR count). The molecule has 0 saturated heterocycles. The van der Waals surface area contributed by atoms with Crippen molar-refractivity contribution >= 4 is 30.0 Å². The molecule has 4 unspecified atom stereocenters. The minimum absolute atomic E-state index is 0.203. The van der Waals surface area contributed by atoms with Crippen LogP contribution < -0.4 is 16.0 Å². The third kappa shape index (κ3) is 10.1. The van der Waals surface area contributed by atoms with Gasteiger partial charge in [-0.2, -0.15) is 0 Å². The Morgan fingerprint density at radius 1 is 1.00 bits per heavy atom. The molecule has 0 spiro atoms. The highest BCUT2D eigenvalue weighted by molar-refractivity contribution is 6.01. The van der Waals surface area contributed by atoms with Gasteiger partial charge < -0.3 is 29.7 Å². The number of hydrogen-bond donors (Lipinski definition) is 5. The Bertz CT molecular complexity index is 800. The van der Waals surface area contributed by atoms with E-state index in [-0.39, 0.29) is 18.8 Å². The number of alkyl carbamates (subject to hydrolysis) is 2. The lowest BCUT2D eigenvalue weighted by Gasteiger charge is -2.27. The number of esters is 1. The first-order valence-electron chi connectivity index (χ1n) is 11.2. The Morgan fingerprint density at radius 3 is 1.86 bits per heavy atom. The SMILES string of the molecule is COC(=O)C1(O)CC(N=C(NC(=O)OC(C)(C)C)NC(=O)OC(C)(C)C)C(C(CO)NC(C)=O)C1. The molecule has 0 aromatic heterocycles. The Morgan fingerprint density at radius 2 is 1.49 bits per heavy atom. The van der Waals surface area contributed by atoms with Crippen molar-refractivity contribution in [2.45, 2.75) is 90.2 Å². The Hall–Kier alpha value is -2.93. The minimum atomic E-state index is -1.97. The number of guanidine groups is 1. The van der Waals surface area contributed by atoms with Crippen LogP contribution in [0.25, 0.3) is 0 Å². The van der Waals surface area contributed by atoms with Crippen molar-refractivity contribution in [2.75, 3.05) is 13.7 Å². The first kappa shape index (κ1) is 30.1. The number of rotatable bonds is 5. The van der Waals surface area contributed by atoms with Crippen LogP contribution in [-0.2, 0) is 23.8 Å². The van der Waals surface area contributed by atoms with Crippen LogP contribution in [0.15, 0.2) is 4.99 Å². The number of carbonyl (C=O) groups excluding carboxylic acids is 4. The van der Waals surface area contributed by atoms with Crippen molar-refractivity contribution in [3.63, 3.8) is 0 Å². The molecule has 1 aliphatic carbocycles. The van der Waals surface area contributed by atoms with E-state index < -0.39 is 65.5 Å². The lowest BCUT2D eigenvalue weighted by Crippen LogP contribution is -2.49. The van der Waals surface area contributed by atoms with Crippen LogP contribution in [0.2, 0.25) is 0 Å². The average Bonchev–Trinajstić information content (AvgIpc) is 2.99. The number of carbonyl (C=O) groups is 4. The van der Waals surface area contributed by atoms with Gasteiger partial charge in [0.05, 0.1) is 25.8 Å². The van der Waals surface area contributed by atoms with Gasteiger partial charge in [-0.3, -0.25) is 15.4 Å². The number of nitrogens with zero attached hydrogens (tertiary/aromatic N) is 1. The molecule has 0 bridgehead atoms. The topological polar surface area (TPSA) is 185 Å². The van der Waals surface area contributed by atoms with Gasteiger partial charge in [0.15, 0.2) is 5.60 Å². The number of nitrogens with one attached hydrogen (secondary N) is 3. The predicted molar refractivity (Wildman–Crippen MR) is 124 cm³/mol. The van der Waals surface area contributed by atoms with Crippen molar-refractivity contribution in [3.05, 3.63) is 0 Å². The molecule has 13 nitrogen and oxygen atoms in total. The normalized spacial score (nSPS) is 22.9. The van der Waals surface area contributed by atoms with Gasteiger partial charge in [-0.1, -0.05) is 0 Å². The van der Waals surface area contributed by atoms with E-state index in [0.29, 0.717) is 0 Å². The van der Waals surface area contributed by atoms with Crippen molar-refractivity contribution in [2.24, 2.45) is 10.9 Å². The van der Waals surface area contributed by atoms with Crippen LogP contribution in [-0.4, -0.2) is 82.8 Å². The monoisotopic (exact) mass is 502 g/mol. The zero-order chi connectivity index (χ0) is 27.2. The van der Waals surface area contributed by atoms with Gasteiger partial charge in [0.1, 0.15) is 11.2 Å². The van der Waals surface area contributed by atoms with E-state index in [4.69, 9.17) is 14.2 Å². The van der Waals surface area contributed by atoms with E-state index >= 15 is 0 Å². The summed E-state index contributed by atoms with van der Waals surface area (Å²) in [6.07, 6.45) is -2.32. The average molecular weight is 503 g/mol.